The largest absolute Gasteiger partial charge is 0.493 e. The van der Waals surface area contributed by atoms with Crippen molar-refractivity contribution in [2.45, 2.75) is 33.1 Å². The number of hydrogen-bond acceptors (Lipinski definition) is 6. The molecule has 0 aliphatic rings. The number of benzene rings is 1. The fourth-order valence-corrected chi connectivity index (χ4v) is 2.85. The quantitative estimate of drug-likeness (QED) is 0.547. The van der Waals surface area contributed by atoms with E-state index in [4.69, 9.17) is 9.47 Å². The van der Waals surface area contributed by atoms with Gasteiger partial charge < -0.3 is 14.8 Å². The number of anilines is 1. The smallest absolute Gasteiger partial charge is 0.311 e. The zero-order chi connectivity index (χ0) is 18.1. The summed E-state index contributed by atoms with van der Waals surface area (Å²) in [6, 6.07) is 7.78. The Hall–Kier alpha value is -2.41. The predicted molar refractivity (Wildman–Crippen MR) is 97.0 cm³/mol. The number of ether oxygens (including phenoxy) is 2. The molecule has 0 unspecified atom stereocenters. The lowest BCUT2D eigenvalue weighted by atomic mass is 10.2. The normalized spacial score (nSPS) is 10.3. The van der Waals surface area contributed by atoms with Gasteiger partial charge in [-0.1, -0.05) is 18.2 Å². The maximum absolute atomic E-state index is 11.9. The molecule has 0 bridgehead atoms. The highest BCUT2D eigenvalue weighted by molar-refractivity contribution is 7.13. The zero-order valence-electron chi connectivity index (χ0n) is 14.4. The van der Waals surface area contributed by atoms with Crippen LogP contribution in [0.5, 0.6) is 5.75 Å². The maximum Gasteiger partial charge on any atom is 0.311 e. The molecule has 134 valence electrons. The molecule has 0 saturated heterocycles. The Labute approximate surface area is 151 Å². The van der Waals surface area contributed by atoms with E-state index in [0.29, 0.717) is 36.9 Å². The number of nitrogens with zero attached hydrogens (tertiary/aromatic N) is 1. The lowest BCUT2D eigenvalue weighted by Gasteiger charge is -2.08. The van der Waals surface area contributed by atoms with Gasteiger partial charge in [-0.3, -0.25) is 9.59 Å². The molecule has 2 aromatic rings. The second-order valence-corrected chi connectivity index (χ2v) is 6.25. The van der Waals surface area contributed by atoms with Gasteiger partial charge in [0, 0.05) is 11.8 Å². The van der Waals surface area contributed by atoms with Crippen LogP contribution >= 0.6 is 11.3 Å². The number of aromatic nitrogens is 1. The highest BCUT2D eigenvalue weighted by atomic mass is 32.1. The number of para-hydroxylation sites is 1. The molecule has 0 saturated carbocycles. The van der Waals surface area contributed by atoms with Gasteiger partial charge in [0.1, 0.15) is 5.75 Å². The molecule has 2 rings (SSSR count). The summed E-state index contributed by atoms with van der Waals surface area (Å²) < 4.78 is 10.5. The molecule has 25 heavy (non-hydrogen) atoms. The van der Waals surface area contributed by atoms with Gasteiger partial charge in [-0.15, -0.1) is 11.3 Å². The molecular weight excluding hydrogens is 340 g/mol. The average molecular weight is 362 g/mol. The van der Waals surface area contributed by atoms with Crippen LogP contribution in [0.15, 0.2) is 29.6 Å². The Morgan fingerprint density at radius 1 is 1.28 bits per heavy atom. The fourth-order valence-electron chi connectivity index (χ4n) is 2.12. The number of rotatable bonds is 9. The third-order valence-corrected chi connectivity index (χ3v) is 4.13. The lowest BCUT2D eigenvalue weighted by molar-refractivity contribution is -0.142. The second-order valence-electron chi connectivity index (χ2n) is 5.39. The SMILES string of the molecule is CCOC(=O)Cc1csc(NC(=O)CCCOc2ccccc2C)n1. The molecular formula is C18H22N2O4S. The van der Waals surface area contributed by atoms with Crippen LogP contribution in [-0.4, -0.2) is 30.1 Å². The minimum Gasteiger partial charge on any atom is -0.493 e. The summed E-state index contributed by atoms with van der Waals surface area (Å²) >= 11 is 1.29. The van der Waals surface area contributed by atoms with Gasteiger partial charge in [-0.25, -0.2) is 4.98 Å². The van der Waals surface area contributed by atoms with Crippen LogP contribution in [0.2, 0.25) is 0 Å². The molecule has 0 fully saturated rings. The van der Waals surface area contributed by atoms with Crippen LogP contribution in [0, 0.1) is 6.92 Å². The number of aryl methyl sites for hydroxylation is 1. The number of esters is 1. The second kappa shape index (κ2) is 9.78. The Bertz CT molecular complexity index is 715. The number of thiazole rings is 1. The third-order valence-electron chi connectivity index (χ3n) is 3.33. The summed E-state index contributed by atoms with van der Waals surface area (Å²) in [5, 5.41) is 4.97. The number of nitrogens with one attached hydrogen (secondary N) is 1. The number of amides is 1. The van der Waals surface area contributed by atoms with E-state index in [1.54, 1.807) is 12.3 Å². The van der Waals surface area contributed by atoms with Crippen LogP contribution in [0.25, 0.3) is 0 Å². The predicted octanol–water partition coefficient (Wildman–Crippen LogP) is 3.35. The maximum atomic E-state index is 11.9. The highest BCUT2D eigenvalue weighted by Crippen LogP contribution is 2.18. The van der Waals surface area contributed by atoms with E-state index in [1.807, 2.05) is 31.2 Å². The monoisotopic (exact) mass is 362 g/mol. The van der Waals surface area contributed by atoms with Gasteiger partial charge in [-0.05, 0) is 31.9 Å². The highest BCUT2D eigenvalue weighted by Gasteiger charge is 2.10. The van der Waals surface area contributed by atoms with Crippen LogP contribution in [0.1, 0.15) is 31.0 Å². The topological polar surface area (TPSA) is 77.5 Å². The number of carbonyl (C=O) groups excluding carboxylic acids is 2. The van der Waals surface area contributed by atoms with Gasteiger partial charge in [-0.2, -0.15) is 0 Å². The summed E-state index contributed by atoms with van der Waals surface area (Å²) in [6.45, 7) is 4.56. The molecule has 6 nitrogen and oxygen atoms in total. The van der Waals surface area contributed by atoms with E-state index >= 15 is 0 Å². The van der Waals surface area contributed by atoms with Crippen molar-refractivity contribution in [2.75, 3.05) is 18.5 Å². The number of carbonyl (C=O) groups is 2. The van der Waals surface area contributed by atoms with Crippen molar-refractivity contribution in [3.8, 4) is 5.75 Å². The van der Waals surface area contributed by atoms with E-state index in [1.165, 1.54) is 11.3 Å². The van der Waals surface area contributed by atoms with Crippen LogP contribution < -0.4 is 10.1 Å². The molecule has 0 radical (unpaired) electrons. The van der Waals surface area contributed by atoms with Crippen molar-refractivity contribution >= 4 is 28.3 Å². The molecule has 7 heteroatoms. The van der Waals surface area contributed by atoms with E-state index in [2.05, 4.69) is 10.3 Å². The lowest BCUT2D eigenvalue weighted by Crippen LogP contribution is -2.13. The first-order valence-corrected chi connectivity index (χ1v) is 9.04. The van der Waals surface area contributed by atoms with E-state index in [-0.39, 0.29) is 18.3 Å². The molecule has 1 amide bonds. The van der Waals surface area contributed by atoms with Crippen LogP contribution in [0.3, 0.4) is 0 Å². The van der Waals surface area contributed by atoms with Gasteiger partial charge in [0.15, 0.2) is 5.13 Å². The fraction of sp³-hybridized carbons (Fsp3) is 0.389. The molecule has 1 heterocycles. The molecule has 0 aliphatic carbocycles. The van der Waals surface area contributed by atoms with Gasteiger partial charge in [0.25, 0.3) is 0 Å². The summed E-state index contributed by atoms with van der Waals surface area (Å²) in [4.78, 5) is 27.5. The standard InChI is InChI=1S/C18H22N2O4S/c1-3-23-17(22)11-14-12-25-18(19-14)20-16(21)9-6-10-24-15-8-5-4-7-13(15)2/h4-5,7-8,12H,3,6,9-11H2,1-2H3,(H,19,20,21). The zero-order valence-corrected chi connectivity index (χ0v) is 15.2. The molecule has 0 spiro atoms. The average Bonchev–Trinajstić information content (AvgIpc) is 3.00. The third kappa shape index (κ3) is 6.54. The van der Waals surface area contributed by atoms with Crippen molar-refractivity contribution in [3.05, 3.63) is 40.9 Å². The van der Waals surface area contributed by atoms with Crippen molar-refractivity contribution in [2.24, 2.45) is 0 Å². The van der Waals surface area contributed by atoms with Crippen LogP contribution in [0.4, 0.5) is 5.13 Å². The molecule has 1 N–H and O–H groups in total. The van der Waals surface area contributed by atoms with E-state index in [9.17, 15) is 9.59 Å². The number of hydrogen-bond donors (Lipinski definition) is 1. The summed E-state index contributed by atoms with van der Waals surface area (Å²) in [6.07, 6.45) is 1.07. The Kier molecular flexibility index (Phi) is 7.40. The van der Waals surface area contributed by atoms with Crippen molar-refractivity contribution in [3.63, 3.8) is 0 Å². The van der Waals surface area contributed by atoms with Crippen molar-refractivity contribution in [1.82, 2.24) is 4.98 Å². The van der Waals surface area contributed by atoms with Crippen molar-refractivity contribution in [1.29, 1.82) is 0 Å². The Balaban J connectivity index is 1.69. The van der Waals surface area contributed by atoms with Crippen LogP contribution in [-0.2, 0) is 20.7 Å². The molecule has 0 aliphatic heterocycles. The first-order valence-electron chi connectivity index (χ1n) is 8.16. The first-order chi connectivity index (χ1) is 12.1. The minimum atomic E-state index is -0.320. The minimum absolute atomic E-state index is 0.116. The Morgan fingerprint density at radius 2 is 2.08 bits per heavy atom. The van der Waals surface area contributed by atoms with E-state index in [0.717, 1.165) is 11.3 Å². The summed E-state index contributed by atoms with van der Waals surface area (Å²) in [5.74, 6) is 0.399. The van der Waals surface area contributed by atoms with Gasteiger partial charge in [0.05, 0.1) is 25.3 Å². The summed E-state index contributed by atoms with van der Waals surface area (Å²) in [5.41, 5.74) is 1.67. The van der Waals surface area contributed by atoms with Gasteiger partial charge in [0.2, 0.25) is 5.91 Å². The van der Waals surface area contributed by atoms with E-state index < -0.39 is 0 Å². The summed E-state index contributed by atoms with van der Waals surface area (Å²) in [7, 11) is 0. The molecule has 1 aromatic heterocycles. The van der Waals surface area contributed by atoms with Crippen molar-refractivity contribution < 1.29 is 19.1 Å². The van der Waals surface area contributed by atoms with Gasteiger partial charge >= 0.3 is 5.97 Å². The Morgan fingerprint density at radius 3 is 2.84 bits per heavy atom. The molecule has 0 atom stereocenters. The molecule has 1 aromatic carbocycles. The first kappa shape index (κ1) is 18.9.